The maximum absolute atomic E-state index is 13.3. The average molecular weight is 295 g/mol. The maximum atomic E-state index is 13.3. The van der Waals surface area contributed by atoms with E-state index in [1.54, 1.807) is 0 Å². The van der Waals surface area contributed by atoms with Gasteiger partial charge < -0.3 is 0 Å². The number of carbonyl (C=O) groups excluding carboxylic acids is 1. The van der Waals surface area contributed by atoms with Gasteiger partial charge in [-0.25, -0.2) is 0 Å². The molecule has 3 heterocycles. The smallest absolute Gasteiger partial charge is 0.145 e. The highest BCUT2D eigenvalue weighted by Gasteiger charge is 2.88. The van der Waals surface area contributed by atoms with Crippen molar-refractivity contribution in [3.05, 3.63) is 12.2 Å². The first-order valence-corrected chi connectivity index (χ1v) is 9.50. The van der Waals surface area contributed by atoms with Crippen LogP contribution in [0, 0.1) is 39.9 Å². The Balaban J connectivity index is 1.55. The molecule has 10 atom stereocenters. The first-order valence-electron chi connectivity index (χ1n) is 9.50. The monoisotopic (exact) mass is 295 g/mol. The van der Waals surface area contributed by atoms with Crippen molar-refractivity contribution in [3.8, 4) is 0 Å². The van der Waals surface area contributed by atoms with Gasteiger partial charge in [0.2, 0.25) is 0 Å². The third-order valence-corrected chi connectivity index (χ3v) is 9.99. The van der Waals surface area contributed by atoms with Crippen LogP contribution in [-0.4, -0.2) is 29.3 Å². The van der Waals surface area contributed by atoms with Crippen molar-refractivity contribution in [3.63, 3.8) is 0 Å². The van der Waals surface area contributed by atoms with Gasteiger partial charge in [0.1, 0.15) is 5.78 Å². The number of hydrogen-bond donors (Lipinski definition) is 0. The number of carbonyl (C=O) groups is 1. The van der Waals surface area contributed by atoms with Crippen LogP contribution in [0.25, 0.3) is 0 Å². The molecule has 0 radical (unpaired) electrons. The lowest BCUT2D eigenvalue weighted by molar-refractivity contribution is -0.152. The number of hydrogen-bond acceptors (Lipinski definition) is 2. The maximum Gasteiger partial charge on any atom is 0.145 e. The highest BCUT2D eigenvalue weighted by atomic mass is 16.1. The molecule has 9 bridgehead atoms. The molecule has 0 aromatic heterocycles. The predicted octanol–water partition coefficient (Wildman–Crippen LogP) is 3.03. The van der Waals surface area contributed by atoms with Crippen molar-refractivity contribution in [2.24, 2.45) is 39.9 Å². The number of rotatable bonds is 0. The molecular weight excluding hydrogens is 270 g/mol. The van der Waals surface area contributed by atoms with E-state index in [0.29, 0.717) is 34.0 Å². The van der Waals surface area contributed by atoms with Gasteiger partial charge in [0.25, 0.3) is 0 Å². The van der Waals surface area contributed by atoms with Gasteiger partial charge in [-0.1, -0.05) is 25.5 Å². The molecule has 2 spiro atoms. The fraction of sp³-hybridized carbons (Fsp3) is 0.850. The number of fused-ring (bicyclic) bond motifs is 1. The van der Waals surface area contributed by atoms with Crippen LogP contribution in [0.1, 0.15) is 45.4 Å². The van der Waals surface area contributed by atoms with E-state index in [2.05, 4.69) is 18.4 Å². The summed E-state index contributed by atoms with van der Waals surface area (Å²) in [4.78, 5) is 16.1. The Morgan fingerprint density at radius 2 is 2.18 bits per heavy atom. The molecule has 9 fully saturated rings. The minimum Gasteiger partial charge on any atom is -0.299 e. The van der Waals surface area contributed by atoms with Crippen LogP contribution in [0.4, 0.5) is 0 Å². The second-order valence-corrected chi connectivity index (χ2v) is 10.3. The molecule has 116 valence electrons. The minimum atomic E-state index is 0.238. The van der Waals surface area contributed by atoms with Crippen molar-refractivity contribution in [2.75, 3.05) is 6.54 Å². The molecule has 2 heteroatoms. The molecule has 1 unspecified atom stereocenters. The summed E-state index contributed by atoms with van der Waals surface area (Å²) in [5, 5.41) is 0. The molecule has 6 aliphatic carbocycles. The van der Waals surface area contributed by atoms with Crippen LogP contribution in [0.5, 0.6) is 0 Å². The third-order valence-electron chi connectivity index (χ3n) is 9.99. The van der Waals surface area contributed by atoms with Crippen molar-refractivity contribution in [2.45, 2.75) is 57.5 Å². The molecule has 3 saturated heterocycles. The first kappa shape index (κ1) is 11.8. The van der Waals surface area contributed by atoms with Crippen molar-refractivity contribution < 1.29 is 4.79 Å². The Labute approximate surface area is 132 Å². The minimum absolute atomic E-state index is 0.238. The topological polar surface area (TPSA) is 20.3 Å². The van der Waals surface area contributed by atoms with Crippen LogP contribution < -0.4 is 0 Å². The van der Waals surface area contributed by atoms with E-state index in [9.17, 15) is 4.79 Å². The Kier molecular flexibility index (Phi) is 1.56. The zero-order valence-electron chi connectivity index (χ0n) is 13.5. The van der Waals surface area contributed by atoms with Crippen LogP contribution in [-0.2, 0) is 4.79 Å². The van der Waals surface area contributed by atoms with Gasteiger partial charge in [-0.05, 0) is 60.2 Å². The van der Waals surface area contributed by atoms with Gasteiger partial charge in [0, 0.05) is 30.5 Å². The third kappa shape index (κ3) is 0.800. The van der Waals surface area contributed by atoms with Crippen LogP contribution in [0.2, 0.25) is 0 Å². The lowest BCUT2D eigenvalue weighted by Gasteiger charge is -2.62. The molecule has 3 aliphatic heterocycles. The largest absolute Gasteiger partial charge is 0.299 e. The second-order valence-electron chi connectivity index (χ2n) is 10.3. The normalized spacial score (nSPS) is 71.8. The Morgan fingerprint density at radius 3 is 3.05 bits per heavy atom. The lowest BCUT2D eigenvalue weighted by Crippen LogP contribution is -2.61. The van der Waals surface area contributed by atoms with Gasteiger partial charge in [0.15, 0.2) is 0 Å². The fourth-order valence-corrected chi connectivity index (χ4v) is 10.2. The van der Waals surface area contributed by atoms with Crippen LogP contribution >= 0.6 is 0 Å². The van der Waals surface area contributed by atoms with E-state index in [1.165, 1.54) is 50.6 Å². The van der Waals surface area contributed by atoms with E-state index >= 15 is 0 Å². The molecule has 9 rings (SSSR count). The summed E-state index contributed by atoms with van der Waals surface area (Å²) in [6.07, 6.45) is 8.00. The van der Waals surface area contributed by atoms with Crippen molar-refractivity contribution in [1.29, 1.82) is 0 Å². The van der Waals surface area contributed by atoms with E-state index in [1.807, 2.05) is 0 Å². The number of ketones is 1. The van der Waals surface area contributed by atoms with Gasteiger partial charge in [-0.2, -0.15) is 0 Å². The summed E-state index contributed by atoms with van der Waals surface area (Å²) >= 11 is 0. The molecule has 2 nitrogen and oxygen atoms in total. The van der Waals surface area contributed by atoms with Gasteiger partial charge in [0.05, 0.1) is 0 Å². The predicted molar refractivity (Wildman–Crippen MR) is 83.1 cm³/mol. The number of nitrogens with zero attached hydrogens (tertiary/aromatic N) is 1. The fourth-order valence-electron chi connectivity index (χ4n) is 10.2. The lowest BCUT2D eigenvalue weighted by atomic mass is 9.41. The molecule has 0 N–H and O–H groups in total. The van der Waals surface area contributed by atoms with Gasteiger partial charge >= 0.3 is 0 Å². The summed E-state index contributed by atoms with van der Waals surface area (Å²) in [6.45, 7) is 8.22. The van der Waals surface area contributed by atoms with Crippen LogP contribution in [0.15, 0.2) is 12.2 Å². The van der Waals surface area contributed by atoms with Gasteiger partial charge in [-0.15, -0.1) is 0 Å². The van der Waals surface area contributed by atoms with Crippen molar-refractivity contribution >= 4 is 5.78 Å². The quantitative estimate of drug-likeness (QED) is 0.640. The zero-order valence-corrected chi connectivity index (χ0v) is 13.5. The molecular formula is C20H25NO. The Bertz CT molecular complexity index is 683. The highest BCUT2D eigenvalue weighted by molar-refractivity contribution is 5.91. The standard InChI is InChI=1S/C20H25NO/c1-10-7-19-8-12-16-18(2)4-3-5-20(16)13(19)6-11(10)15(22)14(19)17(20)21(12)9-18/h11-14,16-17H,1,3-9H2,2H3/t11-,12-,13+,14+,16+,17+,18+,19+,20+/m0/s1. The zero-order chi connectivity index (χ0) is 14.6. The summed E-state index contributed by atoms with van der Waals surface area (Å²) < 4.78 is 0. The first-order chi connectivity index (χ1) is 10.5. The summed E-state index contributed by atoms with van der Waals surface area (Å²) in [5.74, 6) is 3.02. The van der Waals surface area contributed by atoms with E-state index in [-0.39, 0.29) is 5.92 Å². The molecule has 6 saturated carbocycles. The number of piperidine rings is 2. The van der Waals surface area contributed by atoms with E-state index in [0.717, 1.165) is 17.9 Å². The average Bonchev–Trinajstić information content (AvgIpc) is 2.88. The molecule has 0 amide bonds. The molecule has 9 aliphatic rings. The highest BCUT2D eigenvalue weighted by Crippen LogP contribution is 2.86. The number of Topliss-reactive ketones (excluding diaryl/α,β-unsaturated/α-hetero) is 1. The van der Waals surface area contributed by atoms with Crippen molar-refractivity contribution in [1.82, 2.24) is 4.90 Å². The summed E-state index contributed by atoms with van der Waals surface area (Å²) in [6, 6.07) is 1.46. The summed E-state index contributed by atoms with van der Waals surface area (Å²) in [7, 11) is 0. The molecule has 0 aromatic rings. The number of allylic oxidation sites excluding steroid dienone is 1. The molecule has 22 heavy (non-hydrogen) atoms. The molecule has 0 aromatic carbocycles. The Morgan fingerprint density at radius 1 is 1.32 bits per heavy atom. The van der Waals surface area contributed by atoms with Gasteiger partial charge in [-0.3, -0.25) is 9.69 Å². The van der Waals surface area contributed by atoms with Crippen LogP contribution in [0.3, 0.4) is 0 Å². The van der Waals surface area contributed by atoms with E-state index < -0.39 is 0 Å². The Hall–Kier alpha value is -0.630. The van der Waals surface area contributed by atoms with E-state index in [4.69, 9.17) is 0 Å². The second kappa shape index (κ2) is 2.90. The SMILES string of the molecule is C=C1C[C@@]23C[C@H]4[C@@H]5[C@]6(C)CCC[C@@]57[C@@H]2C[C@@H]1C(=O)[C@@H]3[C@H]7N4C6. The summed E-state index contributed by atoms with van der Waals surface area (Å²) in [5.41, 5.74) is 2.76.